The highest BCUT2D eigenvalue weighted by atomic mass is 32.2. The lowest BCUT2D eigenvalue weighted by Crippen LogP contribution is -2.42. The molecule has 3 rings (SSSR count). The molecular formula is C19H25NO3S. The van der Waals surface area contributed by atoms with Crippen LogP contribution < -0.4 is 4.74 Å². The number of hydrogen-bond acceptors (Lipinski definition) is 3. The first-order valence-electron chi connectivity index (χ1n) is 8.58. The van der Waals surface area contributed by atoms with Crippen molar-refractivity contribution in [1.29, 1.82) is 0 Å². The summed E-state index contributed by atoms with van der Waals surface area (Å²) in [6, 6.07) is 11.0. The van der Waals surface area contributed by atoms with Crippen molar-refractivity contribution in [2.75, 3.05) is 19.7 Å². The first kappa shape index (κ1) is 17.2. The van der Waals surface area contributed by atoms with Crippen LogP contribution in [0.25, 0.3) is 10.8 Å². The third-order valence-electron chi connectivity index (χ3n) is 4.60. The molecule has 2 atom stereocenters. The average molecular weight is 347 g/mol. The molecule has 1 aliphatic rings. The van der Waals surface area contributed by atoms with Crippen LogP contribution >= 0.6 is 0 Å². The van der Waals surface area contributed by atoms with E-state index >= 15 is 0 Å². The van der Waals surface area contributed by atoms with Crippen molar-refractivity contribution in [2.24, 2.45) is 11.8 Å². The van der Waals surface area contributed by atoms with Crippen LogP contribution in [0, 0.1) is 11.8 Å². The Morgan fingerprint density at radius 3 is 2.29 bits per heavy atom. The van der Waals surface area contributed by atoms with Gasteiger partial charge >= 0.3 is 0 Å². The molecule has 24 heavy (non-hydrogen) atoms. The number of ether oxygens (including phenoxy) is 1. The molecule has 0 aromatic heterocycles. The van der Waals surface area contributed by atoms with E-state index in [1.54, 1.807) is 16.4 Å². The lowest BCUT2D eigenvalue weighted by Gasteiger charge is -2.34. The Morgan fingerprint density at radius 1 is 1.04 bits per heavy atom. The highest BCUT2D eigenvalue weighted by molar-refractivity contribution is 7.89. The molecule has 1 saturated heterocycles. The number of hydrogen-bond donors (Lipinski definition) is 0. The van der Waals surface area contributed by atoms with Gasteiger partial charge in [-0.25, -0.2) is 8.42 Å². The topological polar surface area (TPSA) is 46.6 Å². The SMILES string of the molecule is CCOc1ccc(S(=O)(=O)N2C[C@@H](C)C[C@H](C)C2)c2ccccc12. The number of nitrogens with zero attached hydrogens (tertiary/aromatic N) is 1. The molecule has 0 N–H and O–H groups in total. The van der Waals surface area contributed by atoms with Gasteiger partial charge < -0.3 is 4.74 Å². The standard InChI is InChI=1S/C19H25NO3S/c1-4-23-18-9-10-19(17-8-6-5-7-16(17)18)24(21,22)20-12-14(2)11-15(3)13-20/h5-10,14-15H,4,11-13H2,1-3H3/t14-,15-/m0/s1. The van der Waals surface area contributed by atoms with Crippen LogP contribution in [0.5, 0.6) is 5.75 Å². The summed E-state index contributed by atoms with van der Waals surface area (Å²) in [5.74, 6) is 1.50. The summed E-state index contributed by atoms with van der Waals surface area (Å²) in [5, 5.41) is 1.58. The molecule has 0 saturated carbocycles. The number of benzene rings is 2. The van der Waals surface area contributed by atoms with E-state index in [9.17, 15) is 8.42 Å². The highest BCUT2D eigenvalue weighted by Crippen LogP contribution is 2.34. The second-order valence-electron chi connectivity index (χ2n) is 6.81. The molecule has 1 aliphatic heterocycles. The van der Waals surface area contributed by atoms with E-state index < -0.39 is 10.0 Å². The maximum Gasteiger partial charge on any atom is 0.243 e. The summed E-state index contributed by atoms with van der Waals surface area (Å²) in [6.07, 6.45) is 1.08. The number of sulfonamides is 1. The first-order chi connectivity index (χ1) is 11.4. The zero-order valence-electron chi connectivity index (χ0n) is 14.5. The minimum atomic E-state index is -3.51. The molecule has 0 radical (unpaired) electrons. The van der Waals surface area contributed by atoms with Crippen molar-refractivity contribution < 1.29 is 13.2 Å². The Hall–Kier alpha value is -1.59. The molecule has 0 bridgehead atoms. The van der Waals surface area contributed by atoms with E-state index in [2.05, 4.69) is 13.8 Å². The Bertz CT molecular complexity index is 822. The monoisotopic (exact) mass is 347 g/mol. The van der Waals surface area contributed by atoms with Crippen molar-refractivity contribution in [3.8, 4) is 5.75 Å². The molecule has 0 amide bonds. The Kier molecular flexibility index (Phi) is 4.83. The third kappa shape index (κ3) is 3.15. The normalized spacial score (nSPS) is 22.6. The van der Waals surface area contributed by atoms with Gasteiger partial charge in [-0.3, -0.25) is 0 Å². The largest absolute Gasteiger partial charge is 0.493 e. The summed E-state index contributed by atoms with van der Waals surface area (Å²) in [4.78, 5) is 0.378. The number of rotatable bonds is 4. The van der Waals surface area contributed by atoms with Crippen molar-refractivity contribution >= 4 is 20.8 Å². The molecule has 0 aliphatic carbocycles. The molecule has 130 valence electrons. The van der Waals surface area contributed by atoms with Crippen LogP contribution in [0.3, 0.4) is 0 Å². The van der Waals surface area contributed by atoms with Gasteiger partial charge in [-0.1, -0.05) is 38.1 Å². The summed E-state index contributed by atoms with van der Waals surface area (Å²) < 4.78 is 33.8. The molecule has 2 aromatic carbocycles. The lowest BCUT2D eigenvalue weighted by molar-refractivity contribution is 0.222. The third-order valence-corrected chi connectivity index (χ3v) is 6.49. The maximum atomic E-state index is 13.2. The van der Waals surface area contributed by atoms with Crippen LogP contribution in [0.2, 0.25) is 0 Å². The van der Waals surface area contributed by atoms with Gasteiger partial charge in [0.2, 0.25) is 10.0 Å². The van der Waals surface area contributed by atoms with Gasteiger partial charge in [0, 0.05) is 23.9 Å². The summed E-state index contributed by atoms with van der Waals surface area (Å²) >= 11 is 0. The van der Waals surface area contributed by atoms with Gasteiger partial charge in [0.1, 0.15) is 5.75 Å². The summed E-state index contributed by atoms with van der Waals surface area (Å²) in [7, 11) is -3.51. The van der Waals surface area contributed by atoms with Crippen molar-refractivity contribution in [2.45, 2.75) is 32.1 Å². The lowest BCUT2D eigenvalue weighted by atomic mass is 9.94. The smallest absolute Gasteiger partial charge is 0.243 e. The molecule has 1 fully saturated rings. The maximum absolute atomic E-state index is 13.2. The van der Waals surface area contributed by atoms with E-state index in [1.165, 1.54) is 0 Å². The van der Waals surface area contributed by atoms with Crippen LogP contribution in [0.4, 0.5) is 0 Å². The Morgan fingerprint density at radius 2 is 1.67 bits per heavy atom. The molecular weight excluding hydrogens is 322 g/mol. The molecule has 4 nitrogen and oxygen atoms in total. The predicted molar refractivity (Wildman–Crippen MR) is 96.8 cm³/mol. The first-order valence-corrected chi connectivity index (χ1v) is 10.0. The van der Waals surface area contributed by atoms with Gasteiger partial charge in [0.05, 0.1) is 11.5 Å². The second kappa shape index (κ2) is 6.73. The quantitative estimate of drug-likeness (QED) is 0.842. The van der Waals surface area contributed by atoms with Crippen LogP contribution in [-0.2, 0) is 10.0 Å². The number of piperidine rings is 1. The molecule has 1 heterocycles. The Balaban J connectivity index is 2.10. The van der Waals surface area contributed by atoms with Gasteiger partial charge in [-0.2, -0.15) is 4.31 Å². The molecule has 2 aromatic rings. The molecule has 5 heteroatoms. The van der Waals surface area contributed by atoms with E-state index in [4.69, 9.17) is 4.74 Å². The zero-order valence-corrected chi connectivity index (χ0v) is 15.3. The van der Waals surface area contributed by atoms with E-state index in [0.717, 1.165) is 22.9 Å². The van der Waals surface area contributed by atoms with E-state index in [-0.39, 0.29) is 0 Å². The van der Waals surface area contributed by atoms with Gasteiger partial charge in [-0.15, -0.1) is 0 Å². The second-order valence-corrected chi connectivity index (χ2v) is 8.71. The number of fused-ring (bicyclic) bond motifs is 1. The van der Waals surface area contributed by atoms with Crippen molar-refractivity contribution in [1.82, 2.24) is 4.31 Å². The minimum Gasteiger partial charge on any atom is -0.493 e. The van der Waals surface area contributed by atoms with E-state index in [1.807, 2.05) is 31.2 Å². The van der Waals surface area contributed by atoms with Gasteiger partial charge in [0.25, 0.3) is 0 Å². The van der Waals surface area contributed by atoms with Gasteiger partial charge in [-0.05, 0) is 37.3 Å². The van der Waals surface area contributed by atoms with Crippen molar-refractivity contribution in [3.05, 3.63) is 36.4 Å². The van der Waals surface area contributed by atoms with Crippen LogP contribution in [-0.4, -0.2) is 32.4 Å². The minimum absolute atomic E-state index is 0.378. The fourth-order valence-corrected chi connectivity index (χ4v) is 5.57. The zero-order chi connectivity index (χ0) is 17.3. The summed E-state index contributed by atoms with van der Waals surface area (Å²) in [5.41, 5.74) is 0. The van der Waals surface area contributed by atoms with Gasteiger partial charge in [0.15, 0.2) is 0 Å². The van der Waals surface area contributed by atoms with E-state index in [0.29, 0.717) is 36.4 Å². The molecule has 0 spiro atoms. The summed E-state index contributed by atoms with van der Waals surface area (Å²) in [6.45, 7) is 7.90. The van der Waals surface area contributed by atoms with Crippen LogP contribution in [0.1, 0.15) is 27.2 Å². The highest BCUT2D eigenvalue weighted by Gasteiger charge is 2.32. The Labute approximate surface area is 144 Å². The predicted octanol–water partition coefficient (Wildman–Crippen LogP) is 3.91. The van der Waals surface area contributed by atoms with Crippen molar-refractivity contribution in [3.63, 3.8) is 0 Å². The molecule has 0 unspecified atom stereocenters. The van der Waals surface area contributed by atoms with Crippen LogP contribution in [0.15, 0.2) is 41.3 Å². The average Bonchev–Trinajstić information content (AvgIpc) is 2.54. The fraction of sp³-hybridized carbons (Fsp3) is 0.474. The fourth-order valence-electron chi connectivity index (χ4n) is 3.69.